The number of carbonyl (C=O) groups is 2. The van der Waals surface area contributed by atoms with E-state index in [-0.39, 0.29) is 29.1 Å². The second kappa shape index (κ2) is 9.90. The van der Waals surface area contributed by atoms with Crippen LogP contribution in [0.2, 0.25) is 0 Å². The Bertz CT molecular complexity index is 1160. The summed E-state index contributed by atoms with van der Waals surface area (Å²) in [7, 11) is 2.85. The highest BCUT2D eigenvalue weighted by Crippen LogP contribution is 2.28. The topological polar surface area (TPSA) is 118 Å². The van der Waals surface area contributed by atoms with Gasteiger partial charge in [0.1, 0.15) is 12.2 Å². The third-order valence-electron chi connectivity index (χ3n) is 4.76. The Morgan fingerprint density at radius 2 is 1.94 bits per heavy atom. The highest BCUT2D eigenvalue weighted by molar-refractivity contribution is 6.05. The van der Waals surface area contributed by atoms with E-state index in [4.69, 9.17) is 9.47 Å². The van der Waals surface area contributed by atoms with Crippen LogP contribution in [0, 0.1) is 0 Å². The smallest absolute Gasteiger partial charge is 0.287 e. The number of nitrogens with zero attached hydrogens (tertiary/aromatic N) is 2. The number of rotatable bonds is 9. The van der Waals surface area contributed by atoms with E-state index in [1.807, 2.05) is 0 Å². The number of nitrogens with one attached hydrogen (secondary N) is 3. The van der Waals surface area contributed by atoms with Gasteiger partial charge in [-0.05, 0) is 37.6 Å². The molecule has 2 amide bonds. The minimum Gasteiger partial charge on any atom is -0.480 e. The molecule has 0 radical (unpaired) electrons. The fourth-order valence-electron chi connectivity index (χ4n) is 3.07. The molecule has 0 aliphatic heterocycles. The van der Waals surface area contributed by atoms with Crippen molar-refractivity contribution in [1.29, 1.82) is 0 Å². The van der Waals surface area contributed by atoms with Gasteiger partial charge in [0.05, 0.1) is 25.3 Å². The van der Waals surface area contributed by atoms with Gasteiger partial charge in [-0.15, -0.1) is 0 Å². The van der Waals surface area contributed by atoms with Crippen LogP contribution in [0.5, 0.6) is 5.88 Å². The fraction of sp³-hybridized carbons (Fsp3) is 0.364. The number of methoxy groups -OCH3 is 1. The highest BCUT2D eigenvalue weighted by atomic mass is 19.3. The first-order valence-electron chi connectivity index (χ1n) is 10.2. The quantitative estimate of drug-likeness (QED) is 0.451. The van der Waals surface area contributed by atoms with Crippen molar-refractivity contribution in [2.45, 2.75) is 25.9 Å². The molecule has 0 aliphatic carbocycles. The van der Waals surface area contributed by atoms with Crippen molar-refractivity contribution >= 4 is 22.7 Å². The number of benzene rings is 1. The van der Waals surface area contributed by atoms with Crippen molar-refractivity contribution in [3.05, 3.63) is 41.7 Å². The van der Waals surface area contributed by atoms with E-state index < -0.39 is 25.0 Å². The maximum Gasteiger partial charge on any atom is 0.287 e. The molecular weight excluding hydrogens is 436 g/mol. The van der Waals surface area contributed by atoms with Crippen LogP contribution in [0.25, 0.3) is 22.0 Å². The van der Waals surface area contributed by atoms with Crippen LogP contribution in [0.15, 0.2) is 30.5 Å². The van der Waals surface area contributed by atoms with Gasteiger partial charge in [-0.25, -0.2) is 13.8 Å². The SMILES string of the molecule is CNC(=O)c1n[nH]c2cc(-c3cnc(OC)c(C(=O)NCC(F)(F)COC(C)C)c3)ccc12. The van der Waals surface area contributed by atoms with Gasteiger partial charge >= 0.3 is 0 Å². The largest absolute Gasteiger partial charge is 0.480 e. The number of halogens is 2. The monoisotopic (exact) mass is 461 g/mol. The first-order chi connectivity index (χ1) is 15.6. The van der Waals surface area contributed by atoms with E-state index in [0.717, 1.165) is 0 Å². The van der Waals surface area contributed by atoms with E-state index >= 15 is 0 Å². The number of aromatic amines is 1. The molecule has 0 saturated heterocycles. The zero-order valence-corrected chi connectivity index (χ0v) is 18.7. The van der Waals surface area contributed by atoms with Crippen LogP contribution in [-0.4, -0.2) is 66.3 Å². The van der Waals surface area contributed by atoms with Gasteiger partial charge < -0.3 is 20.1 Å². The Morgan fingerprint density at radius 1 is 1.18 bits per heavy atom. The predicted octanol–water partition coefficient (Wildman–Crippen LogP) is 2.78. The number of pyridine rings is 1. The summed E-state index contributed by atoms with van der Waals surface area (Å²) < 4.78 is 38.1. The second-order valence-electron chi connectivity index (χ2n) is 7.59. The number of hydrogen-bond donors (Lipinski definition) is 3. The van der Waals surface area contributed by atoms with Crippen molar-refractivity contribution < 1.29 is 27.8 Å². The summed E-state index contributed by atoms with van der Waals surface area (Å²) in [6, 6.07) is 6.71. The Morgan fingerprint density at radius 3 is 2.61 bits per heavy atom. The molecule has 2 heterocycles. The van der Waals surface area contributed by atoms with Crippen molar-refractivity contribution in [2.24, 2.45) is 0 Å². The minimum atomic E-state index is -3.23. The average Bonchev–Trinajstić information content (AvgIpc) is 3.23. The van der Waals surface area contributed by atoms with Crippen LogP contribution in [-0.2, 0) is 4.74 Å². The lowest BCUT2D eigenvalue weighted by atomic mass is 10.0. The molecule has 3 aromatic rings. The van der Waals surface area contributed by atoms with Gasteiger partial charge in [0.25, 0.3) is 17.7 Å². The molecule has 1 aromatic carbocycles. The molecular formula is C22H25F2N5O4. The molecule has 0 aliphatic rings. The Kier molecular flexibility index (Phi) is 7.22. The zero-order valence-electron chi connectivity index (χ0n) is 18.7. The number of aromatic nitrogens is 3. The third-order valence-corrected chi connectivity index (χ3v) is 4.76. The van der Waals surface area contributed by atoms with E-state index in [9.17, 15) is 18.4 Å². The Hall–Kier alpha value is -3.60. The van der Waals surface area contributed by atoms with E-state index in [2.05, 4.69) is 25.8 Å². The molecule has 9 nitrogen and oxygen atoms in total. The van der Waals surface area contributed by atoms with Gasteiger partial charge in [-0.3, -0.25) is 14.7 Å². The molecule has 0 fully saturated rings. The van der Waals surface area contributed by atoms with E-state index in [1.54, 1.807) is 32.0 Å². The lowest BCUT2D eigenvalue weighted by molar-refractivity contribution is -0.0887. The number of ether oxygens (including phenoxy) is 2. The summed E-state index contributed by atoms with van der Waals surface area (Å²) in [6.45, 7) is 1.60. The zero-order chi connectivity index (χ0) is 24.2. The lowest BCUT2D eigenvalue weighted by Gasteiger charge is -2.19. The van der Waals surface area contributed by atoms with Gasteiger partial charge in [0.15, 0.2) is 5.69 Å². The predicted molar refractivity (Wildman–Crippen MR) is 118 cm³/mol. The van der Waals surface area contributed by atoms with Crippen LogP contribution < -0.4 is 15.4 Å². The second-order valence-corrected chi connectivity index (χ2v) is 7.59. The van der Waals surface area contributed by atoms with E-state index in [0.29, 0.717) is 22.0 Å². The molecule has 33 heavy (non-hydrogen) atoms. The lowest BCUT2D eigenvalue weighted by Crippen LogP contribution is -2.40. The number of hydrogen-bond acceptors (Lipinski definition) is 6. The maximum atomic E-state index is 14.0. The Balaban J connectivity index is 1.84. The summed E-state index contributed by atoms with van der Waals surface area (Å²) in [5, 5.41) is 12.2. The number of alkyl halides is 2. The average molecular weight is 461 g/mol. The summed E-state index contributed by atoms with van der Waals surface area (Å²) in [5.74, 6) is -4.31. The third kappa shape index (κ3) is 5.61. The number of carbonyl (C=O) groups excluding carboxylic acids is 2. The molecule has 0 atom stereocenters. The Labute approximate surface area is 188 Å². The summed E-state index contributed by atoms with van der Waals surface area (Å²) in [6.07, 6.45) is 1.14. The van der Waals surface area contributed by atoms with Crippen molar-refractivity contribution in [1.82, 2.24) is 25.8 Å². The molecule has 0 saturated carbocycles. The summed E-state index contributed by atoms with van der Waals surface area (Å²) in [5.41, 5.74) is 2.10. The van der Waals surface area contributed by atoms with Crippen molar-refractivity contribution in [3.63, 3.8) is 0 Å². The standard InChI is InChI=1S/C22H25F2N5O4/c1-12(2)33-11-22(23,24)10-27-19(30)16-7-14(9-26-21(16)32-4)13-5-6-15-17(8-13)28-29-18(15)20(31)25-3/h5-9,12H,10-11H2,1-4H3,(H,25,31)(H,27,30)(H,28,29). The molecule has 3 rings (SSSR count). The number of fused-ring (bicyclic) bond motifs is 1. The fourth-order valence-corrected chi connectivity index (χ4v) is 3.07. The number of amides is 2. The van der Waals surface area contributed by atoms with Crippen LogP contribution in [0.4, 0.5) is 8.78 Å². The van der Waals surface area contributed by atoms with Gasteiger partial charge in [-0.2, -0.15) is 5.10 Å². The van der Waals surface area contributed by atoms with Crippen LogP contribution >= 0.6 is 0 Å². The molecule has 0 unspecified atom stereocenters. The van der Waals surface area contributed by atoms with Gasteiger partial charge in [0, 0.05) is 24.2 Å². The van der Waals surface area contributed by atoms with Gasteiger partial charge in [-0.1, -0.05) is 6.07 Å². The number of H-pyrrole nitrogens is 1. The molecule has 2 aromatic heterocycles. The molecule has 0 bridgehead atoms. The minimum absolute atomic E-state index is 0.00233. The highest BCUT2D eigenvalue weighted by Gasteiger charge is 2.31. The first-order valence-corrected chi connectivity index (χ1v) is 10.2. The van der Waals surface area contributed by atoms with Crippen LogP contribution in [0.3, 0.4) is 0 Å². The van der Waals surface area contributed by atoms with Gasteiger partial charge in [0.2, 0.25) is 5.88 Å². The molecule has 176 valence electrons. The summed E-state index contributed by atoms with van der Waals surface area (Å²) in [4.78, 5) is 28.7. The molecule has 11 heteroatoms. The van der Waals surface area contributed by atoms with Crippen molar-refractivity contribution in [3.8, 4) is 17.0 Å². The van der Waals surface area contributed by atoms with E-state index in [1.165, 1.54) is 26.4 Å². The summed E-state index contributed by atoms with van der Waals surface area (Å²) >= 11 is 0. The molecule has 0 spiro atoms. The maximum absolute atomic E-state index is 14.0. The first kappa shape index (κ1) is 24.1. The molecule has 3 N–H and O–H groups in total. The normalized spacial score (nSPS) is 11.6. The van der Waals surface area contributed by atoms with Crippen LogP contribution in [0.1, 0.15) is 34.7 Å². The van der Waals surface area contributed by atoms with Crippen molar-refractivity contribution in [2.75, 3.05) is 27.3 Å².